The number of benzene rings is 4. The Bertz CT molecular complexity index is 1510. The van der Waals surface area contributed by atoms with Crippen molar-refractivity contribution >= 4 is 37.1 Å². The molecule has 4 aromatic rings. The van der Waals surface area contributed by atoms with Gasteiger partial charge in [-0.05, 0) is 94.0 Å². The van der Waals surface area contributed by atoms with Crippen LogP contribution in [0.1, 0.15) is 45.6 Å². The van der Waals surface area contributed by atoms with Crippen molar-refractivity contribution in [3.05, 3.63) is 145 Å². The topological polar surface area (TPSA) is 15.3 Å². The van der Waals surface area contributed by atoms with Gasteiger partial charge < -0.3 is 9.88 Å². The second-order valence-corrected chi connectivity index (χ2v) is 22.6. The number of nitrogens with zero attached hydrogens (tertiary/aromatic N) is 1. The summed E-state index contributed by atoms with van der Waals surface area (Å²) < 4.78 is 0. The zero-order valence-electron chi connectivity index (χ0n) is 29.7. The number of hydrogen-bond acceptors (Lipinski definition) is 2. The molecule has 0 aliphatic heterocycles. The Morgan fingerprint density at radius 3 is 1.70 bits per heavy atom. The fourth-order valence-electron chi connectivity index (χ4n) is 7.85. The summed E-state index contributed by atoms with van der Waals surface area (Å²) in [6, 6.07) is 42.1. The molecule has 2 atom stereocenters. The third-order valence-electron chi connectivity index (χ3n) is 9.56. The first-order chi connectivity index (χ1) is 22.0. The number of anilines is 1. The summed E-state index contributed by atoms with van der Waals surface area (Å²) >= 11 is 0. The summed E-state index contributed by atoms with van der Waals surface area (Å²) in [6.45, 7) is 11.9. The number of para-hydroxylation sites is 1. The van der Waals surface area contributed by atoms with Crippen LogP contribution in [0.3, 0.4) is 0 Å². The number of nitrogens with one attached hydrogen (secondary N) is 1. The molecular formula is C42H54N2PScSi+. The standard InChI is InChI=1S/C27H27NP.C15H27NSi.Sc/c1-28(2)27-21-13-12-14-23(27)22-29(24-15-6-3-7-16-24,25-17-8-4-9-18-25)26-19-10-5-11-20-26;1-15(2,3)16-17(4,5)14-11-10-12-8-6-7-9-13(12)14;/h3-21H,22H2,1-2H3;6-7,9,12,14,16H,8,10-11H2,1-5H3;/q+1;;. The van der Waals surface area contributed by atoms with Crippen LogP contribution in [0.25, 0.3) is 0 Å². The maximum absolute atomic E-state index is 3.94. The van der Waals surface area contributed by atoms with Gasteiger partial charge in [0.1, 0.15) is 37.6 Å². The number of allylic oxidation sites excluding steroid dienone is 4. The van der Waals surface area contributed by atoms with Crippen LogP contribution in [0, 0.1) is 5.92 Å². The maximum atomic E-state index is 3.94. The molecule has 47 heavy (non-hydrogen) atoms. The van der Waals surface area contributed by atoms with Gasteiger partial charge in [0.05, 0.1) is 0 Å². The van der Waals surface area contributed by atoms with E-state index >= 15 is 0 Å². The van der Waals surface area contributed by atoms with E-state index in [0.29, 0.717) is 0 Å². The molecule has 0 heterocycles. The van der Waals surface area contributed by atoms with Gasteiger partial charge in [0.15, 0.2) is 0 Å². The minimum atomic E-state index is -1.87. The molecule has 6 rings (SSSR count). The van der Waals surface area contributed by atoms with Gasteiger partial charge in [-0.3, -0.25) is 0 Å². The van der Waals surface area contributed by atoms with Gasteiger partial charge in [0.2, 0.25) is 0 Å². The van der Waals surface area contributed by atoms with Crippen molar-refractivity contribution in [2.45, 2.75) is 70.4 Å². The third-order valence-corrected chi connectivity index (χ3v) is 17.7. The van der Waals surface area contributed by atoms with Crippen molar-refractivity contribution in [3.8, 4) is 0 Å². The summed E-state index contributed by atoms with van der Waals surface area (Å²) in [5, 5.41) is 4.27. The normalized spacial score (nSPS) is 17.5. The Balaban J connectivity index is 0.000000238. The molecule has 2 aliphatic rings. The summed E-state index contributed by atoms with van der Waals surface area (Å²) in [5.41, 5.74) is 5.53. The predicted molar refractivity (Wildman–Crippen MR) is 208 cm³/mol. The van der Waals surface area contributed by atoms with E-state index in [1.165, 1.54) is 46.4 Å². The van der Waals surface area contributed by atoms with E-state index < -0.39 is 15.5 Å². The van der Waals surface area contributed by atoms with Gasteiger partial charge in [0.25, 0.3) is 0 Å². The van der Waals surface area contributed by atoms with Crippen LogP contribution in [0.2, 0.25) is 18.6 Å². The van der Waals surface area contributed by atoms with E-state index in [9.17, 15) is 0 Å². The van der Waals surface area contributed by atoms with Crippen molar-refractivity contribution in [2.24, 2.45) is 5.92 Å². The van der Waals surface area contributed by atoms with Gasteiger partial charge in [-0.1, -0.05) is 110 Å². The summed E-state index contributed by atoms with van der Waals surface area (Å²) in [5.74, 6) is 0.860. The first-order valence-corrected chi connectivity index (χ1v) is 22.0. The van der Waals surface area contributed by atoms with E-state index in [1.54, 1.807) is 5.57 Å². The minimum absolute atomic E-state index is 0. The van der Waals surface area contributed by atoms with Crippen LogP contribution in [0.5, 0.6) is 0 Å². The van der Waals surface area contributed by atoms with Gasteiger partial charge in [-0.25, -0.2) is 0 Å². The van der Waals surface area contributed by atoms with E-state index in [1.807, 2.05) is 0 Å². The van der Waals surface area contributed by atoms with Crippen molar-refractivity contribution in [3.63, 3.8) is 0 Å². The van der Waals surface area contributed by atoms with E-state index in [4.69, 9.17) is 0 Å². The van der Waals surface area contributed by atoms with Crippen LogP contribution < -0.4 is 25.8 Å². The Morgan fingerprint density at radius 1 is 0.723 bits per heavy atom. The van der Waals surface area contributed by atoms with Gasteiger partial charge in [-0.15, -0.1) is 0 Å². The third kappa shape index (κ3) is 9.01. The molecule has 0 saturated heterocycles. The molecule has 0 bridgehead atoms. The summed E-state index contributed by atoms with van der Waals surface area (Å²) in [6.07, 6.45) is 12.1. The quantitative estimate of drug-likeness (QED) is 0.146. The van der Waals surface area contributed by atoms with Crippen molar-refractivity contribution < 1.29 is 25.8 Å². The fourth-order valence-corrected chi connectivity index (χ4v) is 16.3. The molecule has 4 aromatic carbocycles. The van der Waals surface area contributed by atoms with Crippen molar-refractivity contribution in [1.82, 2.24) is 4.98 Å². The fraction of sp³-hybridized carbons (Fsp3) is 0.333. The van der Waals surface area contributed by atoms with Crippen LogP contribution in [0.15, 0.2) is 139 Å². The summed E-state index contributed by atoms with van der Waals surface area (Å²) in [7, 11) is 1.03. The monoisotopic (exact) mass is 690 g/mol. The second-order valence-electron chi connectivity index (χ2n) is 14.8. The van der Waals surface area contributed by atoms with Crippen LogP contribution in [-0.2, 0) is 32.0 Å². The molecule has 1 fully saturated rings. The van der Waals surface area contributed by atoms with Crippen LogP contribution in [-0.4, -0.2) is 27.9 Å². The average molecular weight is 691 g/mol. The smallest absolute Gasteiger partial charge is 0.127 e. The van der Waals surface area contributed by atoms with E-state index in [2.05, 4.69) is 191 Å². The zero-order chi connectivity index (χ0) is 32.8. The molecule has 1 radical (unpaired) electrons. The molecule has 5 heteroatoms. The molecule has 0 amide bonds. The Morgan fingerprint density at radius 2 is 1.21 bits per heavy atom. The van der Waals surface area contributed by atoms with Crippen molar-refractivity contribution in [1.29, 1.82) is 0 Å². The van der Waals surface area contributed by atoms with Gasteiger partial charge >= 0.3 is 0 Å². The minimum Gasteiger partial charge on any atom is -0.377 e. The molecular weight excluding hydrogens is 636 g/mol. The molecule has 2 nitrogen and oxygen atoms in total. The molecule has 2 aliphatic carbocycles. The number of rotatable bonds is 8. The maximum Gasteiger partial charge on any atom is 0.127 e. The molecule has 0 aromatic heterocycles. The van der Waals surface area contributed by atoms with Crippen molar-refractivity contribution in [2.75, 3.05) is 19.0 Å². The molecule has 0 spiro atoms. The average Bonchev–Trinajstić information content (AvgIpc) is 3.50. The SMILES string of the molecule is CC(C)(C)N[Si](C)(C)C1CCC2CC=CC=C21.CN(C)c1ccccc1C[P+](c1ccccc1)(c1ccccc1)c1ccccc1.[Sc]. The Hall–Kier alpha value is -2.36. The first-order valence-electron chi connectivity index (χ1n) is 17.0. The number of fused-ring (bicyclic) bond motifs is 1. The Labute approximate surface area is 306 Å². The summed E-state index contributed by atoms with van der Waals surface area (Å²) in [4.78, 5) is 6.17. The second kappa shape index (κ2) is 16.4. The van der Waals surface area contributed by atoms with E-state index in [0.717, 1.165) is 17.6 Å². The van der Waals surface area contributed by atoms with E-state index in [-0.39, 0.29) is 31.4 Å². The van der Waals surface area contributed by atoms with Crippen LogP contribution >= 0.6 is 7.26 Å². The predicted octanol–water partition coefficient (Wildman–Crippen LogP) is 9.49. The Kier molecular flexibility index (Phi) is 13.0. The molecule has 2 unspecified atom stereocenters. The molecule has 1 saturated carbocycles. The largest absolute Gasteiger partial charge is 0.377 e. The number of hydrogen-bond donors (Lipinski definition) is 1. The molecule has 243 valence electrons. The van der Waals surface area contributed by atoms with Crippen LogP contribution in [0.4, 0.5) is 5.69 Å². The zero-order valence-corrected chi connectivity index (χ0v) is 33.4. The van der Waals surface area contributed by atoms with Gasteiger partial charge in [-0.2, -0.15) is 0 Å². The first kappa shape index (κ1) is 37.5. The molecule has 1 N–H and O–H groups in total. The van der Waals surface area contributed by atoms with Gasteiger partial charge in [0, 0.05) is 56.7 Å².